The normalized spacial score (nSPS) is 26.0. The van der Waals surface area contributed by atoms with Crippen molar-refractivity contribution in [2.75, 3.05) is 6.61 Å². The number of rotatable bonds is 7. The highest BCUT2D eigenvalue weighted by Crippen LogP contribution is 2.49. The van der Waals surface area contributed by atoms with Gasteiger partial charge in [-0.2, -0.15) is 0 Å². The van der Waals surface area contributed by atoms with Crippen molar-refractivity contribution in [1.82, 2.24) is 0 Å². The fourth-order valence-corrected chi connectivity index (χ4v) is 6.73. The summed E-state index contributed by atoms with van der Waals surface area (Å²) in [7, 11) is -3.63. The predicted octanol–water partition coefficient (Wildman–Crippen LogP) is 6.12. The van der Waals surface area contributed by atoms with Crippen LogP contribution in [0.2, 0.25) is 36.3 Å². The SMILES string of the molecule is CC(C)(C)[Si](C)(C)OCCC1C(N=[N+]=[N-])CC1C(O)[Si](C)(C)C(C)(C)C. The summed E-state index contributed by atoms with van der Waals surface area (Å²) >= 11 is 0. The second kappa shape index (κ2) is 7.96. The topological polar surface area (TPSA) is 78.2 Å². The van der Waals surface area contributed by atoms with Crippen LogP contribution in [-0.2, 0) is 4.43 Å². The van der Waals surface area contributed by atoms with Crippen LogP contribution in [-0.4, -0.2) is 39.9 Å². The molecular weight excluding hydrogens is 358 g/mol. The minimum Gasteiger partial charge on any atom is -0.417 e. The molecule has 1 aliphatic carbocycles. The van der Waals surface area contributed by atoms with E-state index in [0.29, 0.717) is 6.61 Å². The second-order valence-electron chi connectivity index (χ2n) is 11.1. The van der Waals surface area contributed by atoms with E-state index in [1.165, 1.54) is 0 Å². The number of aliphatic hydroxyl groups excluding tert-OH is 1. The molecule has 0 aromatic rings. The van der Waals surface area contributed by atoms with Crippen molar-refractivity contribution in [1.29, 1.82) is 0 Å². The first-order chi connectivity index (χ1) is 11.6. The first-order valence-electron chi connectivity index (χ1n) is 9.92. The minimum absolute atomic E-state index is 0.00688. The van der Waals surface area contributed by atoms with Crippen LogP contribution >= 0.6 is 0 Å². The van der Waals surface area contributed by atoms with Crippen molar-refractivity contribution in [3.8, 4) is 0 Å². The van der Waals surface area contributed by atoms with Crippen molar-refractivity contribution in [2.45, 2.75) is 102 Å². The van der Waals surface area contributed by atoms with Gasteiger partial charge in [-0.15, -0.1) is 0 Å². The van der Waals surface area contributed by atoms with Crippen LogP contribution in [0.25, 0.3) is 10.4 Å². The third kappa shape index (κ3) is 4.93. The first kappa shape index (κ1) is 23.7. The molecule has 1 fully saturated rings. The van der Waals surface area contributed by atoms with Gasteiger partial charge in [-0.25, -0.2) is 0 Å². The third-order valence-corrected chi connectivity index (χ3v) is 17.9. The summed E-state index contributed by atoms with van der Waals surface area (Å²) in [5.41, 5.74) is 8.60. The van der Waals surface area contributed by atoms with Gasteiger partial charge in [-0.1, -0.05) is 59.8 Å². The summed E-state index contributed by atoms with van der Waals surface area (Å²) < 4.78 is 6.34. The van der Waals surface area contributed by atoms with E-state index in [1.807, 2.05) is 0 Å². The smallest absolute Gasteiger partial charge is 0.191 e. The summed E-state index contributed by atoms with van der Waals surface area (Å²) in [6.07, 6.45) is 1.68. The zero-order valence-corrected chi connectivity index (χ0v) is 20.6. The maximum absolute atomic E-state index is 11.2. The van der Waals surface area contributed by atoms with Crippen LogP contribution in [0.15, 0.2) is 5.11 Å². The molecule has 0 radical (unpaired) electrons. The zero-order valence-electron chi connectivity index (χ0n) is 18.6. The molecule has 0 spiro atoms. The van der Waals surface area contributed by atoms with Gasteiger partial charge in [0.15, 0.2) is 8.32 Å². The van der Waals surface area contributed by atoms with Crippen LogP contribution in [0, 0.1) is 11.8 Å². The minimum atomic E-state index is -1.85. The Hall–Kier alpha value is -0.336. The monoisotopic (exact) mass is 399 g/mol. The molecule has 0 aromatic carbocycles. The highest BCUT2D eigenvalue weighted by Gasteiger charge is 2.52. The Morgan fingerprint density at radius 3 is 2.08 bits per heavy atom. The molecule has 1 rings (SSSR count). The van der Waals surface area contributed by atoms with E-state index in [0.717, 1.165) is 12.8 Å². The first-order valence-corrected chi connectivity index (χ1v) is 15.9. The van der Waals surface area contributed by atoms with Gasteiger partial charge in [0, 0.05) is 23.3 Å². The molecule has 1 N–H and O–H groups in total. The Balaban J connectivity index is 2.82. The quantitative estimate of drug-likeness (QED) is 0.242. The lowest BCUT2D eigenvalue weighted by molar-refractivity contribution is 0.0215. The van der Waals surface area contributed by atoms with Gasteiger partial charge in [0.1, 0.15) is 0 Å². The summed E-state index contributed by atoms with van der Waals surface area (Å²) in [6, 6.07) is 0.00688. The van der Waals surface area contributed by atoms with Gasteiger partial charge in [-0.05, 0) is 53.4 Å². The maximum Gasteiger partial charge on any atom is 0.191 e. The molecule has 152 valence electrons. The lowest BCUT2D eigenvalue weighted by atomic mass is 9.68. The lowest BCUT2D eigenvalue weighted by Gasteiger charge is -2.52. The summed E-state index contributed by atoms with van der Waals surface area (Å²) in [5.74, 6) is 0.467. The molecule has 4 atom stereocenters. The molecule has 0 amide bonds. The van der Waals surface area contributed by atoms with Crippen LogP contribution < -0.4 is 0 Å². The Kier molecular flexibility index (Phi) is 7.25. The van der Waals surface area contributed by atoms with E-state index in [-0.39, 0.29) is 33.7 Å². The van der Waals surface area contributed by atoms with E-state index < -0.39 is 16.4 Å². The van der Waals surface area contributed by atoms with Crippen LogP contribution in [0.5, 0.6) is 0 Å². The summed E-state index contributed by atoms with van der Waals surface area (Å²) in [5, 5.41) is 15.5. The van der Waals surface area contributed by atoms with Crippen molar-refractivity contribution >= 4 is 16.4 Å². The standard InChI is InChI=1S/C19H41N3O2Si2/c1-18(2,3)25(7,8)17(23)15-13-16(21-22-20)14(15)11-12-24-26(9,10)19(4,5)6/h14-17,23H,11-13H2,1-10H3. The van der Waals surface area contributed by atoms with Crippen LogP contribution in [0.1, 0.15) is 54.4 Å². The zero-order chi connectivity index (χ0) is 20.6. The molecule has 5 nitrogen and oxygen atoms in total. The van der Waals surface area contributed by atoms with Crippen LogP contribution in [0.4, 0.5) is 0 Å². The average Bonchev–Trinajstić information content (AvgIpc) is 2.44. The second-order valence-corrected chi connectivity index (χ2v) is 21.5. The Morgan fingerprint density at radius 1 is 1.12 bits per heavy atom. The molecule has 0 aromatic heterocycles. The van der Waals surface area contributed by atoms with Gasteiger partial charge >= 0.3 is 0 Å². The van der Waals surface area contributed by atoms with E-state index in [2.05, 4.69) is 77.8 Å². The Labute approximate surface area is 162 Å². The fraction of sp³-hybridized carbons (Fsp3) is 1.00. The van der Waals surface area contributed by atoms with Gasteiger partial charge < -0.3 is 9.53 Å². The Morgan fingerprint density at radius 2 is 1.65 bits per heavy atom. The summed E-state index contributed by atoms with van der Waals surface area (Å²) in [6.45, 7) is 23.2. The van der Waals surface area contributed by atoms with E-state index in [9.17, 15) is 5.11 Å². The van der Waals surface area contributed by atoms with Gasteiger partial charge in [0.25, 0.3) is 0 Å². The number of hydrogen-bond donors (Lipinski definition) is 1. The van der Waals surface area contributed by atoms with Gasteiger partial charge in [0.05, 0.1) is 8.07 Å². The van der Waals surface area contributed by atoms with Crippen molar-refractivity contribution in [2.24, 2.45) is 17.0 Å². The highest BCUT2D eigenvalue weighted by atomic mass is 28.4. The molecule has 7 heteroatoms. The van der Waals surface area contributed by atoms with E-state index >= 15 is 0 Å². The van der Waals surface area contributed by atoms with E-state index in [4.69, 9.17) is 9.96 Å². The molecule has 26 heavy (non-hydrogen) atoms. The molecule has 4 unspecified atom stereocenters. The fourth-order valence-electron chi connectivity index (χ4n) is 3.33. The highest BCUT2D eigenvalue weighted by molar-refractivity contribution is 6.81. The number of hydrogen-bond acceptors (Lipinski definition) is 3. The van der Waals surface area contributed by atoms with Crippen LogP contribution in [0.3, 0.4) is 0 Å². The number of azide groups is 1. The van der Waals surface area contributed by atoms with Crippen molar-refractivity contribution in [3.05, 3.63) is 10.4 Å². The molecule has 1 aliphatic rings. The molecule has 0 bridgehead atoms. The summed E-state index contributed by atoms with van der Waals surface area (Å²) in [4.78, 5) is 3.03. The van der Waals surface area contributed by atoms with Crippen molar-refractivity contribution in [3.63, 3.8) is 0 Å². The van der Waals surface area contributed by atoms with Gasteiger partial charge in [-0.3, -0.25) is 0 Å². The Bertz CT molecular complexity index is 532. The number of nitrogens with zero attached hydrogens (tertiary/aromatic N) is 3. The average molecular weight is 400 g/mol. The molecular formula is C19H41N3O2Si2. The molecule has 0 saturated heterocycles. The molecule has 0 aliphatic heterocycles. The van der Waals surface area contributed by atoms with E-state index in [1.54, 1.807) is 0 Å². The predicted molar refractivity (Wildman–Crippen MR) is 116 cm³/mol. The number of aliphatic hydroxyl groups is 1. The maximum atomic E-state index is 11.2. The third-order valence-electron chi connectivity index (χ3n) is 7.56. The van der Waals surface area contributed by atoms with Gasteiger partial charge in [0.2, 0.25) is 0 Å². The largest absolute Gasteiger partial charge is 0.417 e. The molecule has 1 saturated carbocycles. The lowest BCUT2D eigenvalue weighted by Crippen LogP contribution is -2.59. The van der Waals surface area contributed by atoms with Crippen molar-refractivity contribution < 1.29 is 9.53 Å². The molecule has 0 heterocycles.